The van der Waals surface area contributed by atoms with Crippen LogP contribution in [0.2, 0.25) is 0 Å². The zero-order valence-electron chi connectivity index (χ0n) is 26.4. The monoisotopic (exact) mass is 640 g/mol. The number of methoxy groups -OCH3 is 4. The van der Waals surface area contributed by atoms with Gasteiger partial charge in [-0.15, -0.1) is 0 Å². The molecule has 0 aliphatic rings. The van der Waals surface area contributed by atoms with Gasteiger partial charge in [-0.25, -0.2) is 0 Å². The summed E-state index contributed by atoms with van der Waals surface area (Å²) >= 11 is 0. The average molecular weight is 641 g/mol. The third-order valence-electron chi connectivity index (χ3n) is 7.23. The van der Waals surface area contributed by atoms with Crippen LogP contribution in [0, 0.1) is 0 Å². The van der Waals surface area contributed by atoms with E-state index in [1.54, 1.807) is 28.4 Å². The van der Waals surface area contributed by atoms with Crippen molar-refractivity contribution in [2.24, 2.45) is 0 Å². The van der Waals surface area contributed by atoms with Gasteiger partial charge in [0.15, 0.2) is 27.8 Å². The normalized spacial score (nSPS) is 11.0. The van der Waals surface area contributed by atoms with Gasteiger partial charge in [-0.05, 0) is 72.1 Å². The van der Waals surface area contributed by atoms with E-state index in [1.807, 2.05) is 103 Å². The van der Waals surface area contributed by atoms with E-state index in [-0.39, 0.29) is 5.92 Å². The first-order valence-corrected chi connectivity index (χ1v) is 17.1. The number of para-hydroxylation sites is 4. The van der Waals surface area contributed by atoms with E-state index in [2.05, 4.69) is 26.0 Å². The average Bonchev–Trinajstić information content (AvgIpc) is 3.09. The molecule has 0 N–H and O–H groups in total. The molecule has 45 heavy (non-hydrogen) atoms. The van der Waals surface area contributed by atoms with Gasteiger partial charge in [0.2, 0.25) is 0 Å². The summed E-state index contributed by atoms with van der Waals surface area (Å²) in [5, 5.41) is 3.71. The molecule has 0 fully saturated rings. The second-order valence-electron chi connectivity index (χ2n) is 10.3. The zero-order valence-corrected chi connectivity index (χ0v) is 28.2. The second kappa shape index (κ2) is 15.2. The molecule has 0 heterocycles. The molecule has 0 spiro atoms. The van der Waals surface area contributed by atoms with E-state index in [1.165, 1.54) is 0 Å². The molecular weight excluding hydrogens is 602 g/mol. The number of hydrogen-bond donors (Lipinski definition) is 0. The Balaban J connectivity index is 1.69. The van der Waals surface area contributed by atoms with Gasteiger partial charge in [0.1, 0.15) is 23.0 Å². The SMILES string of the molecule is COc1ccccc1P(Oc1ccc(C(C)C)cc1OP(c1ccccc1OC)c1ccccc1OC)c1ccccc1OC. The van der Waals surface area contributed by atoms with Crippen LogP contribution in [0.3, 0.4) is 0 Å². The smallest absolute Gasteiger partial charge is 0.166 e. The van der Waals surface area contributed by atoms with Crippen molar-refractivity contribution in [3.8, 4) is 34.5 Å². The first-order chi connectivity index (χ1) is 22.0. The zero-order chi connectivity index (χ0) is 31.8. The molecule has 8 heteroatoms. The van der Waals surface area contributed by atoms with Crippen molar-refractivity contribution in [2.75, 3.05) is 28.4 Å². The molecule has 232 valence electrons. The molecule has 0 saturated carbocycles. The molecule has 0 atom stereocenters. The highest BCUT2D eigenvalue weighted by Crippen LogP contribution is 2.50. The molecule has 0 aromatic heterocycles. The van der Waals surface area contributed by atoms with Crippen molar-refractivity contribution in [3.63, 3.8) is 0 Å². The molecule has 0 radical (unpaired) electrons. The van der Waals surface area contributed by atoms with E-state index >= 15 is 0 Å². The summed E-state index contributed by atoms with van der Waals surface area (Å²) in [7, 11) is 3.80. The molecular formula is C37H38O6P2. The van der Waals surface area contributed by atoms with E-state index in [4.69, 9.17) is 28.0 Å². The molecule has 5 rings (SSSR count). The number of hydrogen-bond acceptors (Lipinski definition) is 6. The van der Waals surface area contributed by atoms with Crippen molar-refractivity contribution in [3.05, 3.63) is 121 Å². The van der Waals surface area contributed by atoms with Crippen molar-refractivity contribution < 1.29 is 28.0 Å². The predicted octanol–water partition coefficient (Wildman–Crippen LogP) is 7.70. The van der Waals surface area contributed by atoms with Crippen LogP contribution in [-0.4, -0.2) is 28.4 Å². The third kappa shape index (κ3) is 7.20. The van der Waals surface area contributed by atoms with Crippen LogP contribution in [0.4, 0.5) is 0 Å². The molecule has 0 bridgehead atoms. The minimum absolute atomic E-state index is 0.273. The summed E-state index contributed by atoms with van der Waals surface area (Å²) in [6.45, 7) is 4.33. The Labute approximate surface area is 268 Å². The van der Waals surface area contributed by atoms with Crippen LogP contribution >= 0.6 is 16.3 Å². The van der Waals surface area contributed by atoms with E-state index in [9.17, 15) is 0 Å². The summed E-state index contributed by atoms with van der Waals surface area (Å²) in [5.74, 6) is 4.46. The van der Waals surface area contributed by atoms with Gasteiger partial charge in [-0.1, -0.05) is 68.4 Å². The van der Waals surface area contributed by atoms with Crippen molar-refractivity contribution in [1.29, 1.82) is 0 Å². The van der Waals surface area contributed by atoms with Crippen LogP contribution in [0.15, 0.2) is 115 Å². The fraction of sp³-hybridized carbons (Fsp3) is 0.189. The number of rotatable bonds is 13. The number of ether oxygens (including phenoxy) is 4. The molecule has 6 nitrogen and oxygen atoms in total. The first-order valence-electron chi connectivity index (χ1n) is 14.6. The fourth-order valence-corrected chi connectivity index (χ4v) is 8.82. The Morgan fingerprint density at radius 2 is 0.733 bits per heavy atom. The standard InChI is InChI=1S/C37H38O6P2/c1-26(2)27-23-24-28(42-44(34-19-11-7-15-29(34)38-3)35-20-12-8-16-30(35)39-4)33(25-27)43-45(36-21-13-9-17-31(36)40-5)37-22-14-10-18-32(37)41-6/h7-26H,1-6H3. The molecule has 0 aliphatic heterocycles. The van der Waals surface area contributed by atoms with Crippen LogP contribution in [-0.2, 0) is 0 Å². The Hall–Kier alpha value is -4.24. The second-order valence-corrected chi connectivity index (χ2v) is 13.8. The summed E-state index contributed by atoms with van der Waals surface area (Å²) in [6.07, 6.45) is 0. The summed E-state index contributed by atoms with van der Waals surface area (Å²) < 4.78 is 37.4. The van der Waals surface area contributed by atoms with E-state index in [0.29, 0.717) is 11.5 Å². The third-order valence-corrected chi connectivity index (χ3v) is 11.2. The highest BCUT2D eigenvalue weighted by Gasteiger charge is 2.29. The van der Waals surface area contributed by atoms with Crippen LogP contribution in [0.25, 0.3) is 0 Å². The Kier molecular flexibility index (Phi) is 10.8. The fourth-order valence-electron chi connectivity index (χ4n) is 4.87. The van der Waals surface area contributed by atoms with E-state index in [0.717, 1.165) is 49.8 Å². The van der Waals surface area contributed by atoms with Gasteiger partial charge in [-0.2, -0.15) is 0 Å². The van der Waals surface area contributed by atoms with Gasteiger partial charge in [0.25, 0.3) is 0 Å². The highest BCUT2D eigenvalue weighted by molar-refractivity contribution is 7.69. The van der Waals surface area contributed by atoms with E-state index < -0.39 is 16.3 Å². The topological polar surface area (TPSA) is 55.4 Å². The molecule has 5 aromatic rings. The van der Waals surface area contributed by atoms with Gasteiger partial charge >= 0.3 is 0 Å². The summed E-state index contributed by atoms with van der Waals surface area (Å²) in [6, 6.07) is 38.0. The largest absolute Gasteiger partial charge is 0.496 e. The van der Waals surface area contributed by atoms with Gasteiger partial charge in [0, 0.05) is 0 Å². The lowest BCUT2D eigenvalue weighted by atomic mass is 10.0. The van der Waals surface area contributed by atoms with Crippen molar-refractivity contribution in [1.82, 2.24) is 0 Å². The molecule has 0 saturated heterocycles. The highest BCUT2D eigenvalue weighted by atomic mass is 31.1. The molecule has 5 aromatic carbocycles. The number of benzene rings is 5. The molecule has 0 unspecified atom stereocenters. The van der Waals surface area contributed by atoms with Crippen molar-refractivity contribution in [2.45, 2.75) is 19.8 Å². The Bertz CT molecular complexity index is 1630. The summed E-state index contributed by atoms with van der Waals surface area (Å²) in [4.78, 5) is 0. The quantitative estimate of drug-likeness (QED) is 0.123. The lowest BCUT2D eigenvalue weighted by Gasteiger charge is -2.27. The van der Waals surface area contributed by atoms with Gasteiger partial charge in [-0.3, -0.25) is 0 Å². The maximum Gasteiger partial charge on any atom is 0.166 e. The molecule has 0 aliphatic carbocycles. The predicted molar refractivity (Wildman–Crippen MR) is 186 cm³/mol. The minimum Gasteiger partial charge on any atom is -0.496 e. The summed E-state index contributed by atoms with van der Waals surface area (Å²) in [5.41, 5.74) is 1.13. The van der Waals surface area contributed by atoms with Crippen molar-refractivity contribution >= 4 is 37.5 Å². The van der Waals surface area contributed by atoms with Crippen LogP contribution < -0.4 is 49.2 Å². The Morgan fingerprint density at radius 1 is 0.400 bits per heavy atom. The van der Waals surface area contributed by atoms with Crippen LogP contribution in [0.5, 0.6) is 34.5 Å². The lowest BCUT2D eigenvalue weighted by Crippen LogP contribution is -2.20. The van der Waals surface area contributed by atoms with Gasteiger partial charge in [0.05, 0.1) is 49.7 Å². The van der Waals surface area contributed by atoms with Gasteiger partial charge < -0.3 is 28.0 Å². The molecule has 0 amide bonds. The first kappa shape index (κ1) is 32.2. The lowest BCUT2D eigenvalue weighted by molar-refractivity contribution is 0.416. The van der Waals surface area contributed by atoms with Crippen LogP contribution in [0.1, 0.15) is 25.3 Å². The minimum atomic E-state index is -1.45. The Morgan fingerprint density at radius 3 is 1.07 bits per heavy atom. The maximum atomic E-state index is 7.11. The maximum absolute atomic E-state index is 7.11.